The van der Waals surface area contributed by atoms with E-state index in [4.69, 9.17) is 32.9 Å². The number of benzene rings is 3. The Bertz CT molecular complexity index is 1170. The molecule has 0 spiro atoms. The second-order valence-corrected chi connectivity index (χ2v) is 7.94. The summed E-state index contributed by atoms with van der Waals surface area (Å²) in [6.45, 7) is 5.60. The van der Waals surface area contributed by atoms with E-state index in [2.05, 4.69) is 30.5 Å². The number of para-hydroxylation sites is 2. The van der Waals surface area contributed by atoms with E-state index in [1.54, 1.807) is 6.07 Å². The number of hydrogen-bond donors (Lipinski definition) is 0. The van der Waals surface area contributed by atoms with Crippen molar-refractivity contribution in [3.8, 4) is 17.1 Å². The molecule has 0 aliphatic rings. The molecule has 0 saturated carbocycles. The minimum atomic E-state index is 0.598. The first-order valence-corrected chi connectivity index (χ1v) is 10.4. The fourth-order valence-corrected chi connectivity index (χ4v) is 3.96. The molecule has 4 aromatic rings. The van der Waals surface area contributed by atoms with Crippen LogP contribution >= 0.6 is 23.2 Å². The highest BCUT2D eigenvalue weighted by Gasteiger charge is 2.15. The average Bonchev–Trinajstić information content (AvgIpc) is 3.06. The molecule has 0 atom stereocenters. The van der Waals surface area contributed by atoms with Crippen molar-refractivity contribution in [3.63, 3.8) is 0 Å². The molecule has 0 radical (unpaired) electrons. The van der Waals surface area contributed by atoms with Crippen LogP contribution in [0, 0.1) is 13.8 Å². The molecule has 0 amide bonds. The second-order valence-electron chi connectivity index (χ2n) is 7.10. The van der Waals surface area contributed by atoms with Crippen molar-refractivity contribution in [1.29, 1.82) is 0 Å². The minimum absolute atomic E-state index is 0.598. The SMILES string of the molecule is Cc1cccc(OCCCn2c(-c3ccc(Cl)cc3Cl)nc3ccccc32)c1C. The van der Waals surface area contributed by atoms with Crippen LogP contribution in [0.1, 0.15) is 17.5 Å². The zero-order valence-electron chi connectivity index (χ0n) is 16.5. The van der Waals surface area contributed by atoms with Crippen molar-refractivity contribution >= 4 is 34.2 Å². The van der Waals surface area contributed by atoms with E-state index in [1.165, 1.54) is 11.1 Å². The number of halogens is 2. The van der Waals surface area contributed by atoms with Gasteiger partial charge in [-0.3, -0.25) is 0 Å². The van der Waals surface area contributed by atoms with Gasteiger partial charge < -0.3 is 9.30 Å². The summed E-state index contributed by atoms with van der Waals surface area (Å²) in [5.41, 5.74) is 5.34. The highest BCUT2D eigenvalue weighted by molar-refractivity contribution is 6.36. The first kappa shape index (κ1) is 19.8. The number of aromatic nitrogens is 2. The van der Waals surface area contributed by atoms with Gasteiger partial charge in [0.1, 0.15) is 11.6 Å². The summed E-state index contributed by atoms with van der Waals surface area (Å²) in [5, 5.41) is 1.21. The largest absolute Gasteiger partial charge is 0.493 e. The molecule has 5 heteroatoms. The van der Waals surface area contributed by atoms with Gasteiger partial charge in [0.05, 0.1) is 22.7 Å². The summed E-state index contributed by atoms with van der Waals surface area (Å²) in [5.74, 6) is 1.79. The van der Waals surface area contributed by atoms with E-state index >= 15 is 0 Å². The molecular weight excluding hydrogens is 403 g/mol. The van der Waals surface area contributed by atoms with Crippen molar-refractivity contribution < 1.29 is 4.74 Å². The third-order valence-electron chi connectivity index (χ3n) is 5.17. The van der Waals surface area contributed by atoms with Gasteiger partial charge in [-0.2, -0.15) is 0 Å². The van der Waals surface area contributed by atoms with Crippen LogP contribution in [-0.4, -0.2) is 16.2 Å². The number of ether oxygens (including phenoxy) is 1. The Hall–Kier alpha value is -2.49. The zero-order valence-corrected chi connectivity index (χ0v) is 18.0. The fourth-order valence-electron chi connectivity index (χ4n) is 3.46. The minimum Gasteiger partial charge on any atom is -0.493 e. The first-order chi connectivity index (χ1) is 14.0. The summed E-state index contributed by atoms with van der Waals surface area (Å²) in [6.07, 6.45) is 0.853. The Labute approximate surface area is 180 Å². The standard InChI is InChI=1S/C24H22Cl2N2O/c1-16-7-5-10-23(17(16)2)29-14-6-13-28-22-9-4-3-8-21(22)27-24(28)19-12-11-18(25)15-20(19)26/h3-5,7-12,15H,6,13-14H2,1-2H3. The topological polar surface area (TPSA) is 27.1 Å². The molecular formula is C24H22Cl2N2O. The van der Waals surface area contributed by atoms with Gasteiger partial charge in [0, 0.05) is 17.1 Å². The summed E-state index contributed by atoms with van der Waals surface area (Å²) in [6, 6.07) is 19.8. The van der Waals surface area contributed by atoms with Crippen LogP contribution in [-0.2, 0) is 6.54 Å². The fraction of sp³-hybridized carbons (Fsp3) is 0.208. The molecule has 0 aliphatic heterocycles. The maximum absolute atomic E-state index is 6.47. The molecule has 148 valence electrons. The van der Waals surface area contributed by atoms with Crippen molar-refractivity contribution in [2.75, 3.05) is 6.61 Å². The van der Waals surface area contributed by atoms with Gasteiger partial charge in [0.25, 0.3) is 0 Å². The van der Waals surface area contributed by atoms with Crippen molar-refractivity contribution in [1.82, 2.24) is 9.55 Å². The third kappa shape index (κ3) is 4.12. The average molecular weight is 425 g/mol. The molecule has 0 saturated heterocycles. The van der Waals surface area contributed by atoms with Gasteiger partial charge in [-0.25, -0.2) is 4.98 Å². The number of nitrogens with zero attached hydrogens (tertiary/aromatic N) is 2. The summed E-state index contributed by atoms with van der Waals surface area (Å²) in [7, 11) is 0. The van der Waals surface area contributed by atoms with Crippen molar-refractivity contribution in [2.24, 2.45) is 0 Å². The number of fused-ring (bicyclic) bond motifs is 1. The maximum atomic E-state index is 6.47. The molecule has 0 unspecified atom stereocenters. The molecule has 0 aliphatic carbocycles. The zero-order chi connectivity index (χ0) is 20.4. The lowest BCUT2D eigenvalue weighted by molar-refractivity contribution is 0.301. The molecule has 0 bridgehead atoms. The Morgan fingerprint density at radius 2 is 1.79 bits per heavy atom. The smallest absolute Gasteiger partial charge is 0.142 e. The Morgan fingerprint density at radius 3 is 2.62 bits per heavy atom. The van der Waals surface area contributed by atoms with Crippen LogP contribution in [0.15, 0.2) is 60.7 Å². The first-order valence-electron chi connectivity index (χ1n) is 9.64. The highest BCUT2D eigenvalue weighted by atomic mass is 35.5. The molecule has 1 heterocycles. The molecule has 29 heavy (non-hydrogen) atoms. The van der Waals surface area contributed by atoms with Crippen LogP contribution in [0.4, 0.5) is 0 Å². The second kappa shape index (κ2) is 8.48. The lowest BCUT2D eigenvalue weighted by Crippen LogP contribution is -2.07. The van der Waals surface area contributed by atoms with Gasteiger partial charge >= 0.3 is 0 Å². The van der Waals surface area contributed by atoms with Gasteiger partial charge in [-0.1, -0.05) is 47.5 Å². The molecule has 0 N–H and O–H groups in total. The van der Waals surface area contributed by atoms with E-state index in [1.807, 2.05) is 42.5 Å². The summed E-state index contributed by atoms with van der Waals surface area (Å²) in [4.78, 5) is 4.83. The van der Waals surface area contributed by atoms with Crippen LogP contribution < -0.4 is 4.74 Å². The highest BCUT2D eigenvalue weighted by Crippen LogP contribution is 2.32. The van der Waals surface area contributed by atoms with E-state index in [0.717, 1.165) is 41.1 Å². The number of hydrogen-bond acceptors (Lipinski definition) is 2. The Kier molecular flexibility index (Phi) is 5.79. The lowest BCUT2D eigenvalue weighted by Gasteiger charge is -2.13. The predicted molar refractivity (Wildman–Crippen MR) is 121 cm³/mol. The molecule has 3 aromatic carbocycles. The molecule has 4 rings (SSSR count). The maximum Gasteiger partial charge on any atom is 0.142 e. The summed E-state index contributed by atoms with van der Waals surface area (Å²) < 4.78 is 8.24. The van der Waals surface area contributed by atoms with E-state index < -0.39 is 0 Å². The molecule has 0 fully saturated rings. The molecule has 1 aromatic heterocycles. The summed E-state index contributed by atoms with van der Waals surface area (Å²) >= 11 is 12.6. The van der Waals surface area contributed by atoms with Crippen molar-refractivity contribution in [2.45, 2.75) is 26.8 Å². The monoisotopic (exact) mass is 424 g/mol. The van der Waals surface area contributed by atoms with Crippen LogP contribution in [0.2, 0.25) is 10.0 Å². The predicted octanol–water partition coefficient (Wildman–Crippen LogP) is 7.10. The van der Waals surface area contributed by atoms with Gasteiger partial charge in [0.2, 0.25) is 0 Å². The van der Waals surface area contributed by atoms with Gasteiger partial charge in [-0.05, 0) is 67.8 Å². The van der Waals surface area contributed by atoms with Gasteiger partial charge in [-0.15, -0.1) is 0 Å². The van der Waals surface area contributed by atoms with E-state index in [9.17, 15) is 0 Å². The van der Waals surface area contributed by atoms with Crippen LogP contribution in [0.5, 0.6) is 5.75 Å². The van der Waals surface area contributed by atoms with Crippen molar-refractivity contribution in [3.05, 3.63) is 81.8 Å². The normalized spacial score (nSPS) is 11.2. The Morgan fingerprint density at radius 1 is 0.966 bits per heavy atom. The number of imidazole rings is 1. The van der Waals surface area contributed by atoms with Gasteiger partial charge in [0.15, 0.2) is 0 Å². The lowest BCUT2D eigenvalue weighted by atomic mass is 10.1. The van der Waals surface area contributed by atoms with E-state index in [0.29, 0.717) is 16.7 Å². The van der Waals surface area contributed by atoms with E-state index in [-0.39, 0.29) is 0 Å². The number of rotatable bonds is 6. The van der Waals surface area contributed by atoms with Crippen LogP contribution in [0.3, 0.4) is 0 Å². The Balaban J connectivity index is 1.58. The quantitative estimate of drug-likeness (QED) is 0.308. The third-order valence-corrected chi connectivity index (χ3v) is 5.71. The number of aryl methyl sites for hydroxylation is 2. The molecule has 3 nitrogen and oxygen atoms in total. The van der Waals surface area contributed by atoms with Crippen LogP contribution in [0.25, 0.3) is 22.4 Å².